The first kappa shape index (κ1) is 29.0. The summed E-state index contributed by atoms with van der Waals surface area (Å²) >= 11 is 3.27. The molecule has 5 rings (SSSR count). The number of halogens is 5. The van der Waals surface area contributed by atoms with Crippen LogP contribution >= 0.6 is 15.9 Å². The van der Waals surface area contributed by atoms with Crippen LogP contribution in [0.4, 0.5) is 29.1 Å². The van der Waals surface area contributed by atoms with Crippen LogP contribution in [0.3, 0.4) is 0 Å². The quantitative estimate of drug-likeness (QED) is 0.158. The third-order valence-electron chi connectivity index (χ3n) is 5.95. The van der Waals surface area contributed by atoms with Gasteiger partial charge in [-0.05, 0) is 30.3 Å². The van der Waals surface area contributed by atoms with Crippen molar-refractivity contribution in [1.82, 2.24) is 24.7 Å². The number of methoxy groups -OCH3 is 1. The van der Waals surface area contributed by atoms with Crippen molar-refractivity contribution in [3.8, 4) is 28.8 Å². The van der Waals surface area contributed by atoms with Gasteiger partial charge in [0.05, 0.1) is 30.9 Å². The molecule has 0 aliphatic rings. The highest BCUT2D eigenvalue weighted by Crippen LogP contribution is 2.37. The van der Waals surface area contributed by atoms with Crippen LogP contribution in [0.2, 0.25) is 0 Å². The molecule has 0 fully saturated rings. The number of nitrogens with one attached hydrogen (secondary N) is 1. The first-order valence-electron chi connectivity index (χ1n) is 12.5. The Hall–Kier alpha value is -4.46. The molecule has 0 bridgehead atoms. The van der Waals surface area contributed by atoms with Crippen molar-refractivity contribution >= 4 is 38.3 Å². The van der Waals surface area contributed by atoms with Gasteiger partial charge in [-0.1, -0.05) is 34.1 Å². The standard InChI is InChI=1S/C28H23BrF4N6O3/c1-40-24-14-35-27(37-26(24)36-18-6-9-34-10-7-18)25-19-4-2-3-5-21(19)39(38-25)15-20-22(41-11-8-30)12-17(29)13-23(20)42-16-28(31,32)33/h2-7,9-10,12-14H,8,11,15-16H2,1H3,(H,34,35,36,37). The molecule has 0 saturated carbocycles. The molecule has 9 nitrogen and oxygen atoms in total. The second kappa shape index (κ2) is 12.6. The number of alkyl halides is 4. The number of rotatable bonds is 11. The Labute approximate surface area is 245 Å². The van der Waals surface area contributed by atoms with Crippen LogP contribution in [0.25, 0.3) is 22.4 Å². The fourth-order valence-electron chi connectivity index (χ4n) is 4.17. The molecule has 3 heterocycles. The molecule has 42 heavy (non-hydrogen) atoms. The minimum atomic E-state index is -4.57. The molecule has 0 saturated heterocycles. The van der Waals surface area contributed by atoms with Crippen LogP contribution < -0.4 is 19.5 Å². The summed E-state index contributed by atoms with van der Waals surface area (Å²) in [6.45, 7) is -2.65. The number of hydrogen-bond donors (Lipinski definition) is 1. The summed E-state index contributed by atoms with van der Waals surface area (Å²) < 4.78 is 70.3. The Bertz CT molecular complexity index is 1680. The Balaban J connectivity index is 1.58. The van der Waals surface area contributed by atoms with E-state index >= 15 is 0 Å². The van der Waals surface area contributed by atoms with Gasteiger partial charge in [0.25, 0.3) is 0 Å². The average molecular weight is 647 g/mol. The second-order valence-corrected chi connectivity index (χ2v) is 9.73. The first-order chi connectivity index (χ1) is 20.3. The van der Waals surface area contributed by atoms with Gasteiger partial charge in [-0.3, -0.25) is 9.67 Å². The molecule has 3 aromatic heterocycles. The zero-order chi connectivity index (χ0) is 29.7. The predicted octanol–water partition coefficient (Wildman–Crippen LogP) is 6.74. The minimum Gasteiger partial charge on any atom is -0.491 e. The molecule has 0 aliphatic carbocycles. The SMILES string of the molecule is COc1cnc(-c2nn(Cc3c(OCCF)cc(Br)cc3OCC(F)(F)F)c3ccccc23)nc1Nc1ccncc1. The molecule has 0 atom stereocenters. The topological polar surface area (TPSA) is 96.2 Å². The van der Waals surface area contributed by atoms with Gasteiger partial charge in [0.2, 0.25) is 0 Å². The highest BCUT2D eigenvalue weighted by Gasteiger charge is 2.30. The highest BCUT2D eigenvalue weighted by atomic mass is 79.9. The average Bonchev–Trinajstić information content (AvgIpc) is 3.34. The van der Waals surface area contributed by atoms with E-state index in [-0.39, 0.29) is 36.0 Å². The summed E-state index contributed by atoms with van der Waals surface area (Å²) in [5, 5.41) is 8.62. The molecule has 218 valence electrons. The van der Waals surface area contributed by atoms with Crippen LogP contribution in [0, 0.1) is 0 Å². The molecule has 14 heteroatoms. The van der Waals surface area contributed by atoms with Crippen LogP contribution in [-0.2, 0) is 6.54 Å². The number of hydrogen-bond acceptors (Lipinski definition) is 8. The lowest BCUT2D eigenvalue weighted by Crippen LogP contribution is -2.20. The summed E-state index contributed by atoms with van der Waals surface area (Å²) in [5.74, 6) is 1.15. The van der Waals surface area contributed by atoms with E-state index < -0.39 is 19.5 Å². The monoisotopic (exact) mass is 646 g/mol. The summed E-state index contributed by atoms with van der Waals surface area (Å²) in [7, 11) is 1.50. The number of pyridine rings is 1. The number of nitrogens with zero attached hydrogens (tertiary/aromatic N) is 5. The number of benzene rings is 2. The lowest BCUT2D eigenvalue weighted by molar-refractivity contribution is -0.153. The third-order valence-corrected chi connectivity index (χ3v) is 6.41. The smallest absolute Gasteiger partial charge is 0.422 e. The van der Waals surface area contributed by atoms with E-state index in [4.69, 9.17) is 19.3 Å². The third kappa shape index (κ3) is 6.70. The first-order valence-corrected chi connectivity index (χ1v) is 13.3. The number of ether oxygens (including phenoxy) is 3. The highest BCUT2D eigenvalue weighted by molar-refractivity contribution is 9.10. The Morgan fingerprint density at radius 2 is 1.74 bits per heavy atom. The van der Waals surface area contributed by atoms with Gasteiger partial charge < -0.3 is 19.5 Å². The zero-order valence-electron chi connectivity index (χ0n) is 22.0. The van der Waals surface area contributed by atoms with E-state index in [0.29, 0.717) is 32.6 Å². The normalized spacial score (nSPS) is 11.5. The van der Waals surface area contributed by atoms with E-state index in [0.717, 1.165) is 5.69 Å². The number of anilines is 2. The van der Waals surface area contributed by atoms with E-state index in [1.807, 2.05) is 18.2 Å². The van der Waals surface area contributed by atoms with Crippen LogP contribution in [0.5, 0.6) is 17.2 Å². The molecule has 2 aromatic carbocycles. The van der Waals surface area contributed by atoms with Crippen LogP contribution in [0.1, 0.15) is 5.56 Å². The summed E-state index contributed by atoms with van der Waals surface area (Å²) in [6, 6.07) is 13.8. The van der Waals surface area contributed by atoms with Gasteiger partial charge in [0.1, 0.15) is 30.5 Å². The Morgan fingerprint density at radius 3 is 2.45 bits per heavy atom. The van der Waals surface area contributed by atoms with Gasteiger partial charge in [0, 0.05) is 27.9 Å². The fourth-order valence-corrected chi connectivity index (χ4v) is 4.58. The number of fused-ring (bicyclic) bond motifs is 1. The summed E-state index contributed by atoms with van der Waals surface area (Å²) in [4.78, 5) is 13.1. The number of aromatic nitrogens is 5. The molecule has 5 aromatic rings. The van der Waals surface area contributed by atoms with Crippen molar-refractivity contribution in [1.29, 1.82) is 0 Å². The molecule has 0 unspecified atom stereocenters. The maximum absolute atomic E-state index is 13.1. The van der Waals surface area contributed by atoms with Gasteiger partial charge in [-0.2, -0.15) is 18.3 Å². The number of para-hydroxylation sites is 1. The Morgan fingerprint density at radius 1 is 1.00 bits per heavy atom. The fraction of sp³-hybridized carbons (Fsp3) is 0.214. The van der Waals surface area contributed by atoms with Gasteiger partial charge in [-0.25, -0.2) is 14.4 Å². The molecule has 0 radical (unpaired) electrons. The molecule has 0 aliphatic heterocycles. The molecule has 0 spiro atoms. The lowest BCUT2D eigenvalue weighted by Gasteiger charge is -2.18. The largest absolute Gasteiger partial charge is 0.491 e. The van der Waals surface area contributed by atoms with E-state index in [1.54, 1.807) is 41.3 Å². The molecular weight excluding hydrogens is 624 g/mol. The Kier molecular flexibility index (Phi) is 8.71. The van der Waals surface area contributed by atoms with Gasteiger partial charge in [-0.15, -0.1) is 0 Å². The predicted molar refractivity (Wildman–Crippen MR) is 151 cm³/mol. The van der Waals surface area contributed by atoms with E-state index in [1.165, 1.54) is 19.4 Å². The lowest BCUT2D eigenvalue weighted by atomic mass is 10.1. The maximum Gasteiger partial charge on any atom is 0.422 e. The van der Waals surface area contributed by atoms with Crippen molar-refractivity contribution in [3.63, 3.8) is 0 Å². The second-order valence-electron chi connectivity index (χ2n) is 8.82. The van der Waals surface area contributed by atoms with Crippen molar-refractivity contribution in [2.24, 2.45) is 0 Å². The summed E-state index contributed by atoms with van der Waals surface area (Å²) in [6.07, 6.45) is 0.206. The van der Waals surface area contributed by atoms with Crippen molar-refractivity contribution < 1.29 is 31.8 Å². The van der Waals surface area contributed by atoms with Crippen LogP contribution in [0.15, 0.2) is 71.6 Å². The molecule has 0 amide bonds. The van der Waals surface area contributed by atoms with E-state index in [2.05, 4.69) is 36.2 Å². The van der Waals surface area contributed by atoms with Gasteiger partial charge in [0.15, 0.2) is 24.0 Å². The summed E-state index contributed by atoms with van der Waals surface area (Å²) in [5.41, 5.74) is 2.06. The van der Waals surface area contributed by atoms with Crippen molar-refractivity contribution in [2.75, 3.05) is 32.3 Å². The minimum absolute atomic E-state index is 0.0547. The van der Waals surface area contributed by atoms with Crippen LogP contribution in [-0.4, -0.2) is 57.9 Å². The van der Waals surface area contributed by atoms with E-state index in [9.17, 15) is 17.6 Å². The molecular formula is C28H23BrF4N6O3. The van der Waals surface area contributed by atoms with Gasteiger partial charge >= 0.3 is 6.18 Å². The maximum atomic E-state index is 13.1. The zero-order valence-corrected chi connectivity index (χ0v) is 23.6. The van der Waals surface area contributed by atoms with Crippen molar-refractivity contribution in [3.05, 3.63) is 77.2 Å². The molecule has 1 N–H and O–H groups in total. The van der Waals surface area contributed by atoms with Crippen molar-refractivity contribution in [2.45, 2.75) is 12.7 Å².